The van der Waals surface area contributed by atoms with Crippen molar-refractivity contribution < 1.29 is 8.91 Å². The Bertz CT molecular complexity index is 1040. The molecule has 148 valence electrons. The SMILES string of the molecule is N#Cc1cccc(CN2CCC(c3nc(Cc4ccc(F)cc4Br)no3)CC2)c1. The molecule has 1 aliphatic rings. The van der Waals surface area contributed by atoms with Crippen LogP contribution in [-0.2, 0) is 13.0 Å². The van der Waals surface area contributed by atoms with Gasteiger partial charge in [-0.1, -0.05) is 39.3 Å². The van der Waals surface area contributed by atoms with Crippen LogP contribution in [0, 0.1) is 17.1 Å². The highest BCUT2D eigenvalue weighted by Crippen LogP contribution is 2.28. The maximum absolute atomic E-state index is 13.2. The van der Waals surface area contributed by atoms with Gasteiger partial charge in [-0.05, 0) is 61.3 Å². The van der Waals surface area contributed by atoms with Crippen LogP contribution >= 0.6 is 15.9 Å². The van der Waals surface area contributed by atoms with Gasteiger partial charge in [-0.3, -0.25) is 4.90 Å². The lowest BCUT2D eigenvalue weighted by atomic mass is 9.96. The Balaban J connectivity index is 1.34. The second-order valence-electron chi connectivity index (χ2n) is 7.32. The van der Waals surface area contributed by atoms with E-state index in [9.17, 15) is 4.39 Å². The third-order valence-electron chi connectivity index (χ3n) is 5.25. The molecule has 0 aliphatic carbocycles. The normalized spacial score (nSPS) is 15.3. The summed E-state index contributed by atoms with van der Waals surface area (Å²) in [6, 6.07) is 14.6. The van der Waals surface area contributed by atoms with Crippen molar-refractivity contribution in [1.29, 1.82) is 5.26 Å². The third kappa shape index (κ3) is 4.89. The van der Waals surface area contributed by atoms with Gasteiger partial charge in [0.05, 0.1) is 11.6 Å². The van der Waals surface area contributed by atoms with Crippen molar-refractivity contribution in [3.63, 3.8) is 0 Å². The van der Waals surface area contributed by atoms with Gasteiger partial charge in [-0.25, -0.2) is 4.39 Å². The molecule has 5 nitrogen and oxygen atoms in total. The van der Waals surface area contributed by atoms with Gasteiger partial charge in [0.2, 0.25) is 5.89 Å². The maximum atomic E-state index is 13.2. The highest BCUT2D eigenvalue weighted by atomic mass is 79.9. The fourth-order valence-corrected chi connectivity index (χ4v) is 4.17. The zero-order valence-electron chi connectivity index (χ0n) is 15.8. The quantitative estimate of drug-likeness (QED) is 0.553. The summed E-state index contributed by atoms with van der Waals surface area (Å²) in [5.74, 6) is 1.28. The van der Waals surface area contributed by atoms with Crippen LogP contribution in [0.15, 0.2) is 51.5 Å². The monoisotopic (exact) mass is 454 g/mol. The Morgan fingerprint density at radius 1 is 1.21 bits per heavy atom. The van der Waals surface area contributed by atoms with Gasteiger partial charge in [0.1, 0.15) is 5.82 Å². The van der Waals surface area contributed by atoms with Crippen LogP contribution in [0.2, 0.25) is 0 Å². The summed E-state index contributed by atoms with van der Waals surface area (Å²) in [7, 11) is 0. The Morgan fingerprint density at radius 3 is 2.79 bits per heavy atom. The summed E-state index contributed by atoms with van der Waals surface area (Å²) in [6.07, 6.45) is 2.41. The van der Waals surface area contributed by atoms with E-state index in [1.54, 1.807) is 6.07 Å². The molecule has 0 saturated carbocycles. The number of nitrogens with zero attached hydrogens (tertiary/aromatic N) is 4. The molecule has 2 aromatic carbocycles. The molecule has 1 saturated heterocycles. The van der Waals surface area contributed by atoms with Crippen molar-refractivity contribution in [2.75, 3.05) is 13.1 Å². The summed E-state index contributed by atoms with van der Waals surface area (Å²) >= 11 is 3.38. The second kappa shape index (κ2) is 8.85. The zero-order valence-corrected chi connectivity index (χ0v) is 17.4. The van der Waals surface area contributed by atoms with Gasteiger partial charge in [0.25, 0.3) is 0 Å². The number of benzene rings is 2. The first-order valence-corrected chi connectivity index (χ1v) is 10.4. The van der Waals surface area contributed by atoms with E-state index in [0.29, 0.717) is 28.2 Å². The van der Waals surface area contributed by atoms with Gasteiger partial charge in [0.15, 0.2) is 5.82 Å². The van der Waals surface area contributed by atoms with Crippen LogP contribution in [0.4, 0.5) is 4.39 Å². The van der Waals surface area contributed by atoms with E-state index in [-0.39, 0.29) is 11.7 Å². The third-order valence-corrected chi connectivity index (χ3v) is 5.98. The molecule has 0 radical (unpaired) electrons. The average molecular weight is 455 g/mol. The number of hydrogen-bond donors (Lipinski definition) is 0. The first-order valence-electron chi connectivity index (χ1n) is 9.58. The van der Waals surface area contributed by atoms with Crippen molar-refractivity contribution >= 4 is 15.9 Å². The lowest BCUT2D eigenvalue weighted by Gasteiger charge is -2.30. The van der Waals surface area contributed by atoms with Crippen molar-refractivity contribution in [2.45, 2.75) is 31.7 Å². The van der Waals surface area contributed by atoms with Crippen LogP contribution in [0.1, 0.15) is 47.2 Å². The summed E-state index contributed by atoms with van der Waals surface area (Å²) in [6.45, 7) is 2.74. The van der Waals surface area contributed by atoms with E-state index < -0.39 is 0 Å². The van der Waals surface area contributed by atoms with E-state index in [0.717, 1.165) is 43.6 Å². The van der Waals surface area contributed by atoms with Gasteiger partial charge >= 0.3 is 0 Å². The Kier molecular flexibility index (Phi) is 6.02. The Labute approximate surface area is 177 Å². The number of halogens is 2. The predicted octanol–water partition coefficient (Wildman–Crippen LogP) is 4.81. The second-order valence-corrected chi connectivity index (χ2v) is 8.18. The standard InChI is InChI=1S/C22H20BrFN4O/c23-20-12-19(24)5-4-18(20)11-21-26-22(29-27-21)17-6-8-28(9-7-17)14-16-3-1-2-15(10-16)13-25/h1-5,10,12,17H,6-9,11,14H2. The smallest absolute Gasteiger partial charge is 0.229 e. The van der Waals surface area contributed by atoms with Gasteiger partial charge < -0.3 is 4.52 Å². The van der Waals surface area contributed by atoms with Crippen LogP contribution in [-0.4, -0.2) is 28.1 Å². The first-order chi connectivity index (χ1) is 14.1. The number of aromatic nitrogens is 2. The number of rotatable bonds is 5. The topological polar surface area (TPSA) is 66.0 Å². The summed E-state index contributed by atoms with van der Waals surface area (Å²) in [5, 5.41) is 13.2. The molecule has 1 aromatic heterocycles. The molecular weight excluding hydrogens is 435 g/mol. The molecule has 29 heavy (non-hydrogen) atoms. The first kappa shape index (κ1) is 19.7. The van der Waals surface area contributed by atoms with Crippen LogP contribution in [0.3, 0.4) is 0 Å². The van der Waals surface area contributed by atoms with Crippen molar-refractivity contribution in [3.05, 3.63) is 81.2 Å². The number of hydrogen-bond acceptors (Lipinski definition) is 5. The minimum Gasteiger partial charge on any atom is -0.339 e. The molecule has 1 fully saturated rings. The van der Waals surface area contributed by atoms with E-state index in [1.807, 2.05) is 18.2 Å². The highest BCUT2D eigenvalue weighted by Gasteiger charge is 2.25. The van der Waals surface area contributed by atoms with E-state index in [2.05, 4.69) is 43.1 Å². The summed E-state index contributed by atoms with van der Waals surface area (Å²) in [5.41, 5.74) is 2.78. The van der Waals surface area contributed by atoms with E-state index in [4.69, 9.17) is 9.78 Å². The van der Waals surface area contributed by atoms with Gasteiger partial charge in [0, 0.05) is 23.4 Å². The molecular formula is C22H20BrFN4O. The average Bonchev–Trinajstić information content (AvgIpc) is 3.19. The molecule has 4 rings (SSSR count). The van der Waals surface area contributed by atoms with Crippen molar-refractivity contribution in [3.8, 4) is 6.07 Å². The molecule has 0 N–H and O–H groups in total. The van der Waals surface area contributed by atoms with Crippen LogP contribution < -0.4 is 0 Å². The molecule has 0 bridgehead atoms. The van der Waals surface area contributed by atoms with Crippen LogP contribution in [0.25, 0.3) is 0 Å². The van der Waals surface area contributed by atoms with Crippen molar-refractivity contribution in [1.82, 2.24) is 15.0 Å². The minimum atomic E-state index is -0.277. The highest BCUT2D eigenvalue weighted by molar-refractivity contribution is 9.10. The molecule has 0 amide bonds. The molecule has 0 unspecified atom stereocenters. The molecule has 0 atom stereocenters. The molecule has 7 heteroatoms. The Morgan fingerprint density at radius 2 is 2.03 bits per heavy atom. The summed E-state index contributed by atoms with van der Waals surface area (Å²) < 4.78 is 19.5. The predicted molar refractivity (Wildman–Crippen MR) is 110 cm³/mol. The fraction of sp³-hybridized carbons (Fsp3) is 0.318. The minimum absolute atomic E-state index is 0.259. The zero-order chi connectivity index (χ0) is 20.2. The lowest BCUT2D eigenvalue weighted by molar-refractivity contribution is 0.187. The molecule has 2 heterocycles. The lowest BCUT2D eigenvalue weighted by Crippen LogP contribution is -2.32. The van der Waals surface area contributed by atoms with E-state index in [1.165, 1.54) is 12.1 Å². The number of nitriles is 1. The van der Waals surface area contributed by atoms with Crippen molar-refractivity contribution in [2.24, 2.45) is 0 Å². The maximum Gasteiger partial charge on any atom is 0.229 e. The molecule has 3 aromatic rings. The Hall–Kier alpha value is -2.56. The van der Waals surface area contributed by atoms with Gasteiger partial charge in [-0.2, -0.15) is 10.2 Å². The fourth-order valence-electron chi connectivity index (χ4n) is 3.68. The number of likely N-dealkylation sites (tertiary alicyclic amines) is 1. The van der Waals surface area contributed by atoms with E-state index >= 15 is 0 Å². The molecule has 0 spiro atoms. The van der Waals surface area contributed by atoms with Gasteiger partial charge in [-0.15, -0.1) is 0 Å². The molecule has 1 aliphatic heterocycles. The largest absolute Gasteiger partial charge is 0.339 e. The summed E-state index contributed by atoms with van der Waals surface area (Å²) in [4.78, 5) is 6.97. The van der Waals surface area contributed by atoms with Crippen LogP contribution in [0.5, 0.6) is 0 Å². The number of piperidine rings is 1.